The minimum atomic E-state index is -1.13. The lowest BCUT2D eigenvalue weighted by Crippen LogP contribution is -2.34. The van der Waals surface area contributed by atoms with Gasteiger partial charge >= 0.3 is 0 Å². The average Bonchev–Trinajstić information content (AvgIpc) is 2.07. The Balaban J connectivity index is 2.02. The Hall–Kier alpha value is -0.400. The number of rotatable bonds is 0. The van der Waals surface area contributed by atoms with Crippen LogP contribution in [-0.2, 0) is 4.79 Å². The van der Waals surface area contributed by atoms with E-state index < -0.39 is 6.17 Å². The van der Waals surface area contributed by atoms with Gasteiger partial charge in [0.05, 0.1) is 0 Å². The van der Waals surface area contributed by atoms with Crippen molar-refractivity contribution in [1.29, 1.82) is 0 Å². The molecule has 3 atom stereocenters. The van der Waals surface area contributed by atoms with Gasteiger partial charge in [-0.15, -0.1) is 0 Å². The Morgan fingerprint density at radius 2 is 1.83 bits per heavy atom. The first-order valence-corrected chi connectivity index (χ1v) is 4.94. The Kier molecular flexibility index (Phi) is 2.16. The summed E-state index contributed by atoms with van der Waals surface area (Å²) >= 11 is 0. The number of hydrogen-bond acceptors (Lipinski definition) is 1. The highest BCUT2D eigenvalue weighted by Gasteiger charge is 2.36. The summed E-state index contributed by atoms with van der Waals surface area (Å²) in [6.07, 6.45) is 4.69. The quantitative estimate of drug-likeness (QED) is 0.546. The minimum Gasteiger partial charge on any atom is -0.296 e. The Labute approximate surface area is 72.3 Å². The number of carbonyl (C=O) groups excluding carboxylic acids is 1. The highest BCUT2D eigenvalue weighted by Crippen LogP contribution is 2.39. The van der Waals surface area contributed by atoms with Crippen molar-refractivity contribution in [2.45, 2.75) is 44.7 Å². The van der Waals surface area contributed by atoms with Gasteiger partial charge in [-0.25, -0.2) is 4.39 Å². The first-order valence-electron chi connectivity index (χ1n) is 4.94. The lowest BCUT2D eigenvalue weighted by molar-refractivity contribution is -0.129. The summed E-state index contributed by atoms with van der Waals surface area (Å²) in [4.78, 5) is 11.1. The summed E-state index contributed by atoms with van der Waals surface area (Å²) in [7, 11) is 0. The third-order valence-corrected chi connectivity index (χ3v) is 3.39. The fourth-order valence-electron chi connectivity index (χ4n) is 2.65. The van der Waals surface area contributed by atoms with Gasteiger partial charge < -0.3 is 0 Å². The van der Waals surface area contributed by atoms with E-state index in [9.17, 15) is 9.18 Å². The average molecular weight is 170 g/mol. The van der Waals surface area contributed by atoms with Crippen LogP contribution in [0, 0.1) is 11.8 Å². The molecule has 12 heavy (non-hydrogen) atoms. The van der Waals surface area contributed by atoms with E-state index in [1.54, 1.807) is 0 Å². The fourth-order valence-corrected chi connectivity index (χ4v) is 2.65. The lowest BCUT2D eigenvalue weighted by atomic mass is 9.70. The van der Waals surface area contributed by atoms with Crippen molar-refractivity contribution in [2.24, 2.45) is 11.8 Å². The maximum absolute atomic E-state index is 13.0. The van der Waals surface area contributed by atoms with E-state index in [0.29, 0.717) is 24.7 Å². The first-order chi connectivity index (χ1) is 5.77. The monoisotopic (exact) mass is 170 g/mol. The molecule has 0 unspecified atom stereocenters. The molecule has 0 heterocycles. The number of Topliss-reactive ketones (excluding diaryl/α,β-unsaturated/α-hetero) is 1. The molecule has 0 amide bonds. The van der Waals surface area contributed by atoms with Gasteiger partial charge in [-0.1, -0.05) is 19.3 Å². The molecular weight excluding hydrogens is 155 g/mol. The molecule has 0 radical (unpaired) electrons. The number of fused-ring (bicyclic) bond motifs is 1. The van der Waals surface area contributed by atoms with E-state index in [4.69, 9.17) is 0 Å². The molecule has 1 nitrogen and oxygen atoms in total. The predicted octanol–water partition coefficient (Wildman–Crippen LogP) is 2.49. The first kappa shape index (κ1) is 8.21. The molecule has 0 aliphatic heterocycles. The third kappa shape index (κ3) is 1.39. The van der Waals surface area contributed by atoms with Crippen LogP contribution in [0.15, 0.2) is 0 Å². The van der Waals surface area contributed by atoms with E-state index in [1.165, 1.54) is 12.8 Å². The third-order valence-electron chi connectivity index (χ3n) is 3.39. The molecule has 0 spiro atoms. The smallest absolute Gasteiger partial charge is 0.167 e. The zero-order chi connectivity index (χ0) is 8.55. The van der Waals surface area contributed by atoms with Crippen molar-refractivity contribution in [3.05, 3.63) is 0 Å². The fraction of sp³-hybridized carbons (Fsp3) is 0.900. The number of alkyl halides is 1. The van der Waals surface area contributed by atoms with E-state index in [2.05, 4.69) is 0 Å². The molecule has 0 N–H and O–H groups in total. The normalized spacial score (nSPS) is 42.4. The van der Waals surface area contributed by atoms with Gasteiger partial charge in [0.1, 0.15) is 0 Å². The Morgan fingerprint density at radius 1 is 1.17 bits per heavy atom. The zero-order valence-corrected chi connectivity index (χ0v) is 7.26. The van der Waals surface area contributed by atoms with Crippen molar-refractivity contribution >= 4 is 5.78 Å². The summed E-state index contributed by atoms with van der Waals surface area (Å²) < 4.78 is 13.0. The predicted molar refractivity (Wildman–Crippen MR) is 44.6 cm³/mol. The van der Waals surface area contributed by atoms with Crippen LogP contribution in [0.4, 0.5) is 4.39 Å². The van der Waals surface area contributed by atoms with Gasteiger partial charge in [0.15, 0.2) is 12.0 Å². The van der Waals surface area contributed by atoms with Crippen LogP contribution in [0.1, 0.15) is 38.5 Å². The van der Waals surface area contributed by atoms with E-state index in [-0.39, 0.29) is 5.78 Å². The van der Waals surface area contributed by atoms with Crippen LogP contribution in [-0.4, -0.2) is 12.0 Å². The van der Waals surface area contributed by atoms with Crippen LogP contribution in [0.5, 0.6) is 0 Å². The standard InChI is InChI=1S/C10H15FO/c11-9-5-7-3-1-2-4-8(7)6-10(9)12/h7-9H,1-6H2/t7-,8-,9-/m1/s1. The van der Waals surface area contributed by atoms with Crippen LogP contribution in [0.3, 0.4) is 0 Å². The van der Waals surface area contributed by atoms with Crippen molar-refractivity contribution < 1.29 is 9.18 Å². The molecule has 2 fully saturated rings. The molecule has 0 bridgehead atoms. The summed E-state index contributed by atoms with van der Waals surface area (Å²) in [6, 6.07) is 0. The Bertz CT molecular complexity index is 190. The van der Waals surface area contributed by atoms with Gasteiger partial charge in [0.2, 0.25) is 0 Å². The van der Waals surface area contributed by atoms with Crippen LogP contribution in [0.2, 0.25) is 0 Å². The minimum absolute atomic E-state index is 0.141. The van der Waals surface area contributed by atoms with Gasteiger partial charge in [-0.05, 0) is 24.7 Å². The second kappa shape index (κ2) is 3.15. The van der Waals surface area contributed by atoms with E-state index >= 15 is 0 Å². The zero-order valence-electron chi connectivity index (χ0n) is 7.26. The molecule has 0 aromatic rings. The van der Waals surface area contributed by atoms with Crippen LogP contribution < -0.4 is 0 Å². The van der Waals surface area contributed by atoms with Gasteiger partial charge in [0, 0.05) is 6.42 Å². The van der Waals surface area contributed by atoms with Crippen LogP contribution >= 0.6 is 0 Å². The lowest BCUT2D eigenvalue weighted by Gasteiger charge is -2.35. The van der Waals surface area contributed by atoms with Crippen molar-refractivity contribution in [2.75, 3.05) is 0 Å². The number of hydrogen-bond donors (Lipinski definition) is 0. The molecule has 2 rings (SSSR count). The van der Waals surface area contributed by atoms with Gasteiger partial charge in [-0.2, -0.15) is 0 Å². The Morgan fingerprint density at radius 3 is 2.58 bits per heavy atom. The molecule has 0 aromatic carbocycles. The highest BCUT2D eigenvalue weighted by molar-refractivity contribution is 5.84. The highest BCUT2D eigenvalue weighted by atomic mass is 19.1. The summed E-state index contributed by atoms with van der Waals surface area (Å²) in [5, 5.41) is 0. The largest absolute Gasteiger partial charge is 0.296 e. The summed E-state index contributed by atoms with van der Waals surface area (Å²) in [5.41, 5.74) is 0. The molecule has 68 valence electrons. The van der Waals surface area contributed by atoms with Gasteiger partial charge in [-0.3, -0.25) is 4.79 Å². The molecule has 2 heteroatoms. The molecule has 2 aliphatic carbocycles. The maximum Gasteiger partial charge on any atom is 0.167 e. The summed E-state index contributed by atoms with van der Waals surface area (Å²) in [5.74, 6) is 0.905. The number of halogens is 1. The summed E-state index contributed by atoms with van der Waals surface area (Å²) in [6.45, 7) is 0. The SMILES string of the molecule is O=C1C[C@H]2CCCC[C@@H]2C[C@H]1F. The molecule has 0 saturated heterocycles. The van der Waals surface area contributed by atoms with Crippen molar-refractivity contribution in [1.82, 2.24) is 0 Å². The maximum atomic E-state index is 13.0. The molecular formula is C10H15FO. The molecule has 0 aromatic heterocycles. The molecule has 2 aliphatic rings. The van der Waals surface area contributed by atoms with Crippen molar-refractivity contribution in [3.63, 3.8) is 0 Å². The van der Waals surface area contributed by atoms with E-state index in [0.717, 1.165) is 12.8 Å². The van der Waals surface area contributed by atoms with Gasteiger partial charge in [0.25, 0.3) is 0 Å². The number of carbonyl (C=O) groups is 1. The second-order valence-electron chi connectivity index (χ2n) is 4.18. The molecule has 2 saturated carbocycles. The van der Waals surface area contributed by atoms with E-state index in [1.807, 2.05) is 0 Å². The van der Waals surface area contributed by atoms with Crippen LogP contribution in [0.25, 0.3) is 0 Å². The second-order valence-corrected chi connectivity index (χ2v) is 4.18. The van der Waals surface area contributed by atoms with Crippen molar-refractivity contribution in [3.8, 4) is 0 Å². The number of ketones is 1. The topological polar surface area (TPSA) is 17.1 Å².